The normalized spacial score (nSPS) is 15.1. The number of pyridine rings is 1. The van der Waals surface area contributed by atoms with Crippen LogP contribution in [0.1, 0.15) is 0 Å². The summed E-state index contributed by atoms with van der Waals surface area (Å²) in [5, 5.41) is 3.05. The second-order valence-electron chi connectivity index (χ2n) is 5.06. The van der Waals surface area contributed by atoms with Gasteiger partial charge in [-0.3, -0.25) is 0 Å². The van der Waals surface area contributed by atoms with E-state index in [0.717, 1.165) is 37.8 Å². The Kier molecular flexibility index (Phi) is 3.90. The van der Waals surface area contributed by atoms with Crippen LogP contribution in [-0.2, 0) is 0 Å². The molecule has 1 saturated heterocycles. The van der Waals surface area contributed by atoms with Crippen molar-refractivity contribution in [3.05, 3.63) is 48.3 Å². The quantitative estimate of drug-likeness (QED) is 0.940. The minimum Gasteiger partial charge on any atom is -0.373 e. The molecule has 2 heterocycles. The molecule has 0 amide bonds. The lowest BCUT2D eigenvalue weighted by Gasteiger charge is -2.36. The SMILES string of the molecule is CNc1cccc(N2CCN(c3ccccc3F)CC2)n1. The van der Waals surface area contributed by atoms with Crippen LogP contribution in [0, 0.1) is 5.82 Å². The van der Waals surface area contributed by atoms with Crippen molar-refractivity contribution < 1.29 is 4.39 Å². The molecule has 0 aliphatic carbocycles. The van der Waals surface area contributed by atoms with Gasteiger partial charge in [0.15, 0.2) is 0 Å². The van der Waals surface area contributed by atoms with Crippen molar-refractivity contribution in [3.8, 4) is 0 Å². The molecule has 0 radical (unpaired) electrons. The summed E-state index contributed by atoms with van der Waals surface area (Å²) in [7, 11) is 1.86. The first-order valence-electron chi connectivity index (χ1n) is 7.17. The lowest BCUT2D eigenvalue weighted by molar-refractivity contribution is 0.596. The Labute approximate surface area is 124 Å². The van der Waals surface area contributed by atoms with Gasteiger partial charge in [-0.15, -0.1) is 0 Å². The third-order valence-corrected chi connectivity index (χ3v) is 3.79. The van der Waals surface area contributed by atoms with Crippen LogP contribution in [0.3, 0.4) is 0 Å². The maximum absolute atomic E-state index is 13.8. The van der Waals surface area contributed by atoms with Gasteiger partial charge in [-0.25, -0.2) is 9.37 Å². The summed E-state index contributed by atoms with van der Waals surface area (Å²) < 4.78 is 13.8. The van der Waals surface area contributed by atoms with E-state index in [4.69, 9.17) is 0 Å². The molecule has 2 aromatic rings. The minimum absolute atomic E-state index is 0.152. The van der Waals surface area contributed by atoms with Crippen LogP contribution in [-0.4, -0.2) is 38.2 Å². The fourth-order valence-electron chi connectivity index (χ4n) is 2.62. The molecular formula is C16H19FN4. The van der Waals surface area contributed by atoms with Gasteiger partial charge < -0.3 is 15.1 Å². The fraction of sp³-hybridized carbons (Fsp3) is 0.312. The van der Waals surface area contributed by atoms with E-state index in [0.29, 0.717) is 5.69 Å². The number of hydrogen-bond donors (Lipinski definition) is 1. The number of aromatic nitrogens is 1. The fourth-order valence-corrected chi connectivity index (χ4v) is 2.62. The molecule has 1 aliphatic rings. The summed E-state index contributed by atoms with van der Waals surface area (Å²) in [4.78, 5) is 8.88. The van der Waals surface area contributed by atoms with Crippen molar-refractivity contribution in [1.29, 1.82) is 0 Å². The second-order valence-corrected chi connectivity index (χ2v) is 5.06. The van der Waals surface area contributed by atoms with Gasteiger partial charge in [-0.1, -0.05) is 18.2 Å². The molecule has 0 bridgehead atoms. The zero-order valence-electron chi connectivity index (χ0n) is 12.1. The third kappa shape index (κ3) is 2.91. The number of halogens is 1. The van der Waals surface area contributed by atoms with Gasteiger partial charge in [-0.2, -0.15) is 0 Å². The second kappa shape index (κ2) is 5.99. The molecule has 0 saturated carbocycles. The number of rotatable bonds is 3. The molecule has 21 heavy (non-hydrogen) atoms. The zero-order chi connectivity index (χ0) is 14.7. The highest BCUT2D eigenvalue weighted by Crippen LogP contribution is 2.22. The van der Waals surface area contributed by atoms with Crippen LogP contribution in [0.15, 0.2) is 42.5 Å². The van der Waals surface area contributed by atoms with Crippen LogP contribution in [0.5, 0.6) is 0 Å². The molecule has 1 N–H and O–H groups in total. The molecular weight excluding hydrogens is 267 g/mol. The number of piperazine rings is 1. The van der Waals surface area contributed by atoms with Crippen molar-refractivity contribution in [1.82, 2.24) is 4.98 Å². The highest BCUT2D eigenvalue weighted by Gasteiger charge is 2.20. The number of para-hydroxylation sites is 1. The van der Waals surface area contributed by atoms with Crippen molar-refractivity contribution in [2.45, 2.75) is 0 Å². The summed E-state index contributed by atoms with van der Waals surface area (Å²) >= 11 is 0. The summed E-state index contributed by atoms with van der Waals surface area (Å²) in [5.41, 5.74) is 0.689. The molecule has 5 heteroatoms. The van der Waals surface area contributed by atoms with E-state index >= 15 is 0 Å². The van der Waals surface area contributed by atoms with Crippen LogP contribution in [0.2, 0.25) is 0 Å². The van der Waals surface area contributed by atoms with Gasteiger partial charge in [-0.05, 0) is 24.3 Å². The maximum Gasteiger partial charge on any atom is 0.146 e. The third-order valence-electron chi connectivity index (χ3n) is 3.79. The molecule has 0 unspecified atom stereocenters. The highest BCUT2D eigenvalue weighted by atomic mass is 19.1. The number of nitrogens with one attached hydrogen (secondary N) is 1. The summed E-state index contributed by atoms with van der Waals surface area (Å²) in [5.74, 6) is 1.68. The Hall–Kier alpha value is -2.30. The van der Waals surface area contributed by atoms with Crippen LogP contribution < -0.4 is 15.1 Å². The lowest BCUT2D eigenvalue weighted by atomic mass is 10.2. The van der Waals surface area contributed by atoms with E-state index in [1.807, 2.05) is 37.4 Å². The predicted octanol–water partition coefficient (Wildman–Crippen LogP) is 2.59. The van der Waals surface area contributed by atoms with Gasteiger partial charge in [0.1, 0.15) is 17.5 Å². The summed E-state index contributed by atoms with van der Waals surface area (Å²) in [6.45, 7) is 3.28. The van der Waals surface area contributed by atoms with Crippen molar-refractivity contribution in [3.63, 3.8) is 0 Å². The highest BCUT2D eigenvalue weighted by molar-refractivity contribution is 5.52. The predicted molar refractivity (Wildman–Crippen MR) is 84.6 cm³/mol. The molecule has 1 fully saturated rings. The van der Waals surface area contributed by atoms with E-state index < -0.39 is 0 Å². The molecule has 4 nitrogen and oxygen atoms in total. The van der Waals surface area contributed by atoms with Gasteiger partial charge in [0, 0.05) is 33.2 Å². The monoisotopic (exact) mass is 286 g/mol. The average Bonchev–Trinajstić information content (AvgIpc) is 2.56. The number of hydrogen-bond acceptors (Lipinski definition) is 4. The Bertz CT molecular complexity index is 609. The summed E-state index contributed by atoms with van der Waals surface area (Å²) in [6.07, 6.45) is 0. The number of benzene rings is 1. The van der Waals surface area contributed by atoms with Crippen LogP contribution >= 0.6 is 0 Å². The van der Waals surface area contributed by atoms with Crippen molar-refractivity contribution in [2.24, 2.45) is 0 Å². The first-order valence-corrected chi connectivity index (χ1v) is 7.17. The molecule has 3 rings (SSSR count). The Morgan fingerprint density at radius 1 is 0.952 bits per heavy atom. The van der Waals surface area contributed by atoms with Crippen LogP contribution in [0.25, 0.3) is 0 Å². The smallest absolute Gasteiger partial charge is 0.146 e. The number of anilines is 3. The van der Waals surface area contributed by atoms with E-state index in [-0.39, 0.29) is 5.82 Å². The Morgan fingerprint density at radius 2 is 1.67 bits per heavy atom. The molecule has 0 atom stereocenters. The van der Waals surface area contributed by atoms with E-state index in [2.05, 4.69) is 20.1 Å². The number of nitrogens with zero attached hydrogens (tertiary/aromatic N) is 3. The average molecular weight is 286 g/mol. The Morgan fingerprint density at radius 3 is 2.38 bits per heavy atom. The minimum atomic E-state index is -0.152. The standard InChI is InChI=1S/C16H19FN4/c1-18-15-7-4-8-16(19-15)21-11-9-20(10-12-21)14-6-3-2-5-13(14)17/h2-8H,9-12H2,1H3,(H,18,19). The lowest BCUT2D eigenvalue weighted by Crippen LogP contribution is -2.47. The van der Waals surface area contributed by atoms with Gasteiger partial charge in [0.2, 0.25) is 0 Å². The molecule has 1 aliphatic heterocycles. The van der Waals surface area contributed by atoms with Crippen LogP contribution in [0.4, 0.5) is 21.7 Å². The van der Waals surface area contributed by atoms with Gasteiger partial charge in [0.25, 0.3) is 0 Å². The van der Waals surface area contributed by atoms with E-state index in [1.54, 1.807) is 6.07 Å². The molecule has 110 valence electrons. The molecule has 1 aromatic heterocycles. The topological polar surface area (TPSA) is 31.4 Å². The van der Waals surface area contributed by atoms with Crippen molar-refractivity contribution >= 4 is 17.3 Å². The first-order chi connectivity index (χ1) is 10.3. The van der Waals surface area contributed by atoms with Crippen molar-refractivity contribution in [2.75, 3.05) is 48.3 Å². The van der Waals surface area contributed by atoms with Gasteiger partial charge >= 0.3 is 0 Å². The molecule has 1 aromatic carbocycles. The Balaban J connectivity index is 1.69. The summed E-state index contributed by atoms with van der Waals surface area (Å²) in [6, 6.07) is 12.9. The van der Waals surface area contributed by atoms with E-state index in [1.165, 1.54) is 6.07 Å². The van der Waals surface area contributed by atoms with E-state index in [9.17, 15) is 4.39 Å². The maximum atomic E-state index is 13.8. The van der Waals surface area contributed by atoms with Gasteiger partial charge in [0.05, 0.1) is 5.69 Å². The first kappa shape index (κ1) is 13.7. The zero-order valence-corrected chi connectivity index (χ0v) is 12.1. The molecule has 0 spiro atoms. The largest absolute Gasteiger partial charge is 0.373 e.